The quantitative estimate of drug-likeness (QED) is 0.166. The second kappa shape index (κ2) is 17.3. The van der Waals surface area contributed by atoms with Crippen LogP contribution in [0.1, 0.15) is 59.3 Å². The van der Waals surface area contributed by atoms with E-state index in [-0.39, 0.29) is 30.1 Å². The third-order valence-corrected chi connectivity index (χ3v) is 3.61. The summed E-state index contributed by atoms with van der Waals surface area (Å²) in [5, 5.41) is 9.33. The Morgan fingerprint density at radius 1 is 0.889 bits per heavy atom. The highest BCUT2D eigenvalue weighted by molar-refractivity contribution is 14.0. The minimum atomic E-state index is -0.458. The van der Waals surface area contributed by atoms with Crippen LogP contribution < -0.4 is 16.0 Å². The number of hydrogen-bond acceptors (Lipinski definition) is 4. The summed E-state index contributed by atoms with van der Waals surface area (Å²) in [6, 6.07) is 0. The highest BCUT2D eigenvalue weighted by Gasteiger charge is 2.15. The number of nitrogens with one attached hydrogen (secondary N) is 3. The molecule has 0 aromatic carbocycles. The van der Waals surface area contributed by atoms with Crippen LogP contribution in [0.4, 0.5) is 4.79 Å². The van der Waals surface area contributed by atoms with E-state index in [0.717, 1.165) is 31.9 Å². The van der Waals surface area contributed by atoms with E-state index in [1.165, 1.54) is 32.2 Å². The Balaban J connectivity index is 0. The molecule has 0 saturated carbocycles. The zero-order chi connectivity index (χ0) is 19.8. The highest BCUT2D eigenvalue weighted by Crippen LogP contribution is 2.06. The van der Waals surface area contributed by atoms with Crippen LogP contribution >= 0.6 is 24.0 Å². The number of amides is 1. The summed E-state index contributed by atoms with van der Waals surface area (Å²) in [6.07, 6.45) is 6.71. The van der Waals surface area contributed by atoms with E-state index in [1.807, 2.05) is 20.8 Å². The largest absolute Gasteiger partial charge is 0.444 e. The number of nitrogens with zero attached hydrogens (tertiary/aromatic N) is 2. The standard InChI is InChI=1S/C19H41N5O2.HI/c1-19(2,3)26-18(25)23-15-12-14-22-17(20-4)21-13-10-8-7-9-11-16-24(5)6;/h7-16H2,1-6H3,(H,23,25)(H2,20,21,22);1H. The highest BCUT2D eigenvalue weighted by atomic mass is 127. The summed E-state index contributed by atoms with van der Waals surface area (Å²) in [4.78, 5) is 18.0. The van der Waals surface area contributed by atoms with Crippen LogP contribution in [0.25, 0.3) is 0 Å². The lowest BCUT2D eigenvalue weighted by molar-refractivity contribution is 0.0527. The molecule has 0 unspecified atom stereocenters. The van der Waals surface area contributed by atoms with E-state index in [4.69, 9.17) is 4.74 Å². The number of carbonyl (C=O) groups is 1. The van der Waals surface area contributed by atoms with Crippen LogP contribution in [0.15, 0.2) is 4.99 Å². The number of ether oxygens (including phenoxy) is 1. The molecule has 0 saturated heterocycles. The maximum Gasteiger partial charge on any atom is 0.407 e. The second-order valence-corrected chi connectivity index (χ2v) is 7.78. The lowest BCUT2D eigenvalue weighted by Crippen LogP contribution is -2.39. The van der Waals surface area contributed by atoms with Crippen LogP contribution in [0.2, 0.25) is 0 Å². The fourth-order valence-electron chi connectivity index (χ4n) is 2.31. The first-order chi connectivity index (χ1) is 12.2. The Morgan fingerprint density at radius 2 is 1.41 bits per heavy atom. The van der Waals surface area contributed by atoms with Crippen molar-refractivity contribution in [3.63, 3.8) is 0 Å². The summed E-state index contributed by atoms with van der Waals surface area (Å²) < 4.78 is 5.19. The van der Waals surface area contributed by atoms with Crippen LogP contribution in [0, 0.1) is 0 Å². The molecule has 1 amide bonds. The Kier molecular flexibility index (Phi) is 18.3. The Labute approximate surface area is 183 Å². The number of hydrogen-bond donors (Lipinski definition) is 3. The third-order valence-electron chi connectivity index (χ3n) is 3.61. The normalized spacial score (nSPS) is 11.7. The maximum atomic E-state index is 11.5. The molecule has 0 atom stereocenters. The molecule has 0 radical (unpaired) electrons. The summed E-state index contributed by atoms with van der Waals surface area (Å²) in [5.41, 5.74) is -0.458. The first kappa shape index (κ1) is 28.4. The van der Waals surface area contributed by atoms with Crippen molar-refractivity contribution in [2.45, 2.75) is 64.9 Å². The molecule has 0 heterocycles. The molecule has 0 aliphatic rings. The van der Waals surface area contributed by atoms with E-state index in [0.29, 0.717) is 6.54 Å². The summed E-state index contributed by atoms with van der Waals surface area (Å²) >= 11 is 0. The molecule has 0 aromatic rings. The number of rotatable bonds is 12. The van der Waals surface area contributed by atoms with Crippen LogP contribution in [0.5, 0.6) is 0 Å². The van der Waals surface area contributed by atoms with Crippen molar-refractivity contribution in [1.82, 2.24) is 20.9 Å². The van der Waals surface area contributed by atoms with Gasteiger partial charge in [0.05, 0.1) is 0 Å². The second-order valence-electron chi connectivity index (χ2n) is 7.78. The Hall–Kier alpha value is -0.770. The lowest BCUT2D eigenvalue weighted by atomic mass is 10.1. The van der Waals surface area contributed by atoms with Crippen LogP contribution in [0.3, 0.4) is 0 Å². The van der Waals surface area contributed by atoms with Crippen molar-refractivity contribution in [1.29, 1.82) is 0 Å². The van der Waals surface area contributed by atoms with Crippen molar-refractivity contribution in [3.05, 3.63) is 0 Å². The molecule has 8 heteroatoms. The van der Waals surface area contributed by atoms with Gasteiger partial charge < -0.3 is 25.6 Å². The number of alkyl carbamates (subject to hydrolysis) is 1. The lowest BCUT2D eigenvalue weighted by Gasteiger charge is -2.19. The molecule has 162 valence electrons. The van der Waals surface area contributed by atoms with Gasteiger partial charge in [0.25, 0.3) is 0 Å². The van der Waals surface area contributed by atoms with Gasteiger partial charge in [-0.2, -0.15) is 0 Å². The average Bonchev–Trinajstić information content (AvgIpc) is 2.53. The van der Waals surface area contributed by atoms with E-state index >= 15 is 0 Å². The average molecular weight is 499 g/mol. The SMILES string of the molecule is CN=C(NCCCCCCCN(C)C)NCCCNC(=O)OC(C)(C)C.I. The van der Waals surface area contributed by atoms with Gasteiger partial charge in [-0.25, -0.2) is 4.79 Å². The van der Waals surface area contributed by atoms with Crippen LogP contribution in [-0.2, 0) is 4.74 Å². The summed E-state index contributed by atoms with van der Waals surface area (Å²) in [5.74, 6) is 0.815. The van der Waals surface area contributed by atoms with Gasteiger partial charge in [-0.05, 0) is 60.7 Å². The molecule has 0 aliphatic carbocycles. The van der Waals surface area contributed by atoms with E-state index in [2.05, 4.69) is 39.9 Å². The molecular weight excluding hydrogens is 457 g/mol. The summed E-state index contributed by atoms with van der Waals surface area (Å²) in [7, 11) is 6.02. The first-order valence-electron chi connectivity index (χ1n) is 9.80. The molecule has 0 fully saturated rings. The van der Waals surface area contributed by atoms with Gasteiger partial charge in [-0.15, -0.1) is 24.0 Å². The number of guanidine groups is 1. The Morgan fingerprint density at radius 3 is 1.96 bits per heavy atom. The van der Waals surface area contributed by atoms with Gasteiger partial charge in [0.2, 0.25) is 0 Å². The maximum absolute atomic E-state index is 11.5. The van der Waals surface area contributed by atoms with Gasteiger partial charge >= 0.3 is 6.09 Å². The van der Waals surface area contributed by atoms with Gasteiger partial charge in [0, 0.05) is 26.7 Å². The molecule has 0 bridgehead atoms. The van der Waals surface area contributed by atoms with E-state index in [9.17, 15) is 4.79 Å². The molecule has 0 spiro atoms. The summed E-state index contributed by atoms with van der Waals surface area (Å²) in [6.45, 7) is 9.00. The monoisotopic (exact) mass is 499 g/mol. The molecule has 0 aliphatic heterocycles. The van der Waals surface area contributed by atoms with E-state index < -0.39 is 5.60 Å². The van der Waals surface area contributed by atoms with Crippen molar-refractivity contribution in [2.75, 3.05) is 47.3 Å². The van der Waals surface area contributed by atoms with Gasteiger partial charge in [-0.3, -0.25) is 4.99 Å². The number of aliphatic imine (C=N–C) groups is 1. The predicted molar refractivity (Wildman–Crippen MR) is 125 cm³/mol. The fraction of sp³-hybridized carbons (Fsp3) is 0.895. The Bertz CT molecular complexity index is 398. The first-order valence-corrected chi connectivity index (χ1v) is 9.80. The van der Waals surface area contributed by atoms with Gasteiger partial charge in [0.1, 0.15) is 5.60 Å². The molecule has 3 N–H and O–H groups in total. The number of carbonyl (C=O) groups excluding carboxylic acids is 1. The molecule has 0 aromatic heterocycles. The topological polar surface area (TPSA) is 78.0 Å². The third kappa shape index (κ3) is 21.4. The van der Waals surface area contributed by atoms with Crippen molar-refractivity contribution in [3.8, 4) is 0 Å². The smallest absolute Gasteiger partial charge is 0.407 e. The predicted octanol–water partition coefficient (Wildman–Crippen LogP) is 3.20. The minimum Gasteiger partial charge on any atom is -0.444 e. The number of unbranched alkanes of at least 4 members (excludes halogenated alkanes) is 4. The van der Waals surface area contributed by atoms with Crippen molar-refractivity contribution < 1.29 is 9.53 Å². The zero-order valence-corrected chi connectivity index (χ0v) is 20.5. The van der Waals surface area contributed by atoms with Crippen molar-refractivity contribution in [2.24, 2.45) is 4.99 Å². The van der Waals surface area contributed by atoms with Gasteiger partial charge in [0.15, 0.2) is 5.96 Å². The molecule has 7 nitrogen and oxygen atoms in total. The molecule has 27 heavy (non-hydrogen) atoms. The molecular formula is C19H42IN5O2. The number of halogens is 1. The molecule has 0 rings (SSSR count). The van der Waals surface area contributed by atoms with E-state index in [1.54, 1.807) is 7.05 Å². The zero-order valence-electron chi connectivity index (χ0n) is 18.2. The van der Waals surface area contributed by atoms with Crippen molar-refractivity contribution >= 4 is 36.0 Å². The van der Waals surface area contributed by atoms with Crippen LogP contribution in [-0.4, -0.2) is 69.9 Å². The minimum absolute atomic E-state index is 0. The fourth-order valence-corrected chi connectivity index (χ4v) is 2.31. The van der Waals surface area contributed by atoms with Gasteiger partial charge in [-0.1, -0.05) is 19.3 Å².